The number of carbonyl (C=O) groups is 6. The topological polar surface area (TPSA) is 462 Å². The molecule has 7 aromatic rings. The molecule has 1 aliphatic carbocycles. The Morgan fingerprint density at radius 3 is 2.28 bits per heavy atom. The standard InChI is InChI=1S/C96H128N18O18/c1-56-16-12-11-13-17-57(2)77(125-8)46-70-24-19-62(7)96(124,132-70)87(120)91(122)113-31-15-14-18-73(113)92(123)130-78(59(4)42-63-21-25-74(115)79(44-63)126-9)47-75(116)58(3)41-61(6)85(119)86(127-10)83(60(5)40-56)108-129-54-80(117)99-30-39-128-38-29-81(118)111-33-28-71-69(53-111)50-102-95(106-71)110-36-34-109(35-37-110)94-100-48-68(49-101-94)90(121)112-32-27-65-43-64(20-22-67(65)52-112)51-114-89-82(88(97)103-55-104-89)84(107-114)66-23-26-76-72(45-66)105-93(98)131-76/h11-13,16-17,20,22-23,26,41,43,45,48-50,55-56,58-60,62-63,70,73-75,77-79,85-86,115-116,119,124H,14-15,18-19,21,24-25,27-40,42,44,46-47,51-54H2,1-10H3,(H2,98,105)(H,99,117)(H2,97,103,104)/b13-11+,16-12+,57-17+,61-41+,108-83?/t56-,58-,59-,60-,62-,63+,70+,73+,74-,75-,77+,78+,79-,85-,86+,96-/m1/s1. The van der Waals surface area contributed by atoms with Gasteiger partial charge in [-0.25, -0.2) is 39.4 Å². The molecule has 6 aliphatic heterocycles. The number of oxime groups is 1. The maximum absolute atomic E-state index is 14.8. The number of Topliss-reactive ketones (excluding diaryl/α,β-unsaturated/α-hetero) is 1. The number of benzene rings is 2. The predicted octanol–water partition coefficient (Wildman–Crippen LogP) is 8.15. The molecule has 3 saturated heterocycles. The van der Waals surface area contributed by atoms with E-state index in [2.05, 4.69) is 57.3 Å². The maximum atomic E-state index is 14.8. The molecule has 2 bridgehead atoms. The number of aliphatic hydroxyl groups excluding tert-OH is 3. The highest BCUT2D eigenvalue weighted by Gasteiger charge is 2.53. The highest BCUT2D eigenvalue weighted by Crippen LogP contribution is 2.40. The van der Waals surface area contributed by atoms with Crippen LogP contribution in [0.4, 0.5) is 23.7 Å². The molecular formula is C96H128N18O18. The zero-order valence-electron chi connectivity index (χ0n) is 77.3. The number of hydrogen-bond acceptors (Lipinski definition) is 31. The highest BCUT2D eigenvalue weighted by molar-refractivity contribution is 6.39. The SMILES string of the molecule is CO[C@H]1C[C@@H]2CC[C@@H](C)[C@@](O)(O2)C(=O)C(=O)N2CCCC[C@H]2C(=O)O[C@H]([C@H](C)C[C@@H]2CC[C@@H](O)[C@H](OC)C2)C[C@@H](O)[C@H](C)/C=C(\C)[C@@H](O)[C@@H](OC)C(=NOCC(=O)NCCOCCC(=O)N2CCc3nc(N4CCN(c5ncc(C(=O)N6CCc7cc(Cn8nc(-c9ccc%10oc(N)nc%10c9)c9c(N)ncnc98)ccc7C6)cn5)CC4)ncc3C2)[C@H](C)C[C@H](C)/C=C/C=C/C=C/1C. The number of anilines is 4. The number of aromatic nitrogens is 9. The molecule has 9 N–H and O–H groups in total. The lowest BCUT2D eigenvalue weighted by Gasteiger charge is -2.43. The van der Waals surface area contributed by atoms with Gasteiger partial charge in [0.15, 0.2) is 17.8 Å². The van der Waals surface area contributed by atoms with Crippen LogP contribution in [0, 0.1) is 35.5 Å². The number of esters is 1. The average molecular weight is 1820 g/mol. The second-order valence-corrected chi connectivity index (χ2v) is 36.6. The van der Waals surface area contributed by atoms with Gasteiger partial charge in [-0.05, 0) is 148 Å². The number of ketones is 1. The molecule has 16 atom stereocenters. The zero-order chi connectivity index (χ0) is 93.6. The lowest BCUT2D eigenvalue weighted by atomic mass is 9.78. The van der Waals surface area contributed by atoms with Crippen LogP contribution in [-0.4, -0.2) is 275 Å². The summed E-state index contributed by atoms with van der Waals surface area (Å²) in [5, 5.41) is 60.4. The van der Waals surface area contributed by atoms with Crippen molar-refractivity contribution in [3.63, 3.8) is 0 Å². The molecule has 5 aromatic heterocycles. The van der Waals surface area contributed by atoms with Gasteiger partial charge in [-0.15, -0.1) is 0 Å². The van der Waals surface area contributed by atoms with Crippen molar-refractivity contribution in [2.75, 3.05) is 115 Å². The van der Waals surface area contributed by atoms with Crippen LogP contribution in [0.1, 0.15) is 170 Å². The summed E-state index contributed by atoms with van der Waals surface area (Å²) in [5.74, 6) is -6.76. The number of aliphatic hydroxyl groups is 4. The Bertz CT molecular complexity index is 5380. The summed E-state index contributed by atoms with van der Waals surface area (Å²) < 4.78 is 43.5. The molecule has 132 heavy (non-hydrogen) atoms. The van der Waals surface area contributed by atoms with Gasteiger partial charge in [0.05, 0.1) is 79.1 Å². The van der Waals surface area contributed by atoms with Crippen LogP contribution in [0.15, 0.2) is 118 Å². The van der Waals surface area contributed by atoms with Crippen LogP contribution < -0.4 is 26.6 Å². The normalized spacial score (nSPS) is 28.5. The first kappa shape index (κ1) is 96.9. The van der Waals surface area contributed by atoms with Gasteiger partial charge in [0, 0.05) is 154 Å². The van der Waals surface area contributed by atoms with Gasteiger partial charge in [-0.2, -0.15) is 10.1 Å². The number of piperidine rings is 1. The molecule has 0 unspecified atom stereocenters. The van der Waals surface area contributed by atoms with E-state index in [1.165, 1.54) is 18.3 Å². The third-order valence-corrected chi connectivity index (χ3v) is 27.2. The zero-order valence-corrected chi connectivity index (χ0v) is 77.3. The Labute approximate surface area is 769 Å². The summed E-state index contributed by atoms with van der Waals surface area (Å²) in [5.41, 5.74) is 22.4. The fraction of sp³-hybridized carbons (Fsp3) is 0.573. The van der Waals surface area contributed by atoms with E-state index < -0.39 is 96.6 Å². The van der Waals surface area contributed by atoms with Crippen LogP contribution in [0.25, 0.3) is 33.4 Å². The Hall–Kier alpha value is -11.1. The molecule has 14 rings (SSSR count). The second kappa shape index (κ2) is 44.2. The van der Waals surface area contributed by atoms with Crippen molar-refractivity contribution in [1.29, 1.82) is 0 Å². The van der Waals surface area contributed by atoms with Gasteiger partial charge in [-0.1, -0.05) is 94.4 Å². The molecule has 4 amide bonds. The Kier molecular flexibility index (Phi) is 32.4. The third kappa shape index (κ3) is 23.2. The van der Waals surface area contributed by atoms with E-state index in [1.54, 1.807) is 70.6 Å². The van der Waals surface area contributed by atoms with Crippen molar-refractivity contribution in [2.45, 2.75) is 225 Å². The number of fused-ring (bicyclic) bond motifs is 7. The lowest BCUT2D eigenvalue weighted by Crippen LogP contribution is -2.61. The van der Waals surface area contributed by atoms with Crippen LogP contribution in [0.3, 0.4) is 0 Å². The summed E-state index contributed by atoms with van der Waals surface area (Å²) in [6, 6.07) is 10.7. The average Bonchev–Trinajstić information content (AvgIpc) is 1.49. The maximum Gasteiger partial charge on any atom is 0.329 e. The first-order chi connectivity index (χ1) is 63.5. The molecule has 11 heterocycles. The number of ether oxygens (including phenoxy) is 6. The molecule has 0 spiro atoms. The molecule has 2 aromatic carbocycles. The number of amides is 4. The minimum atomic E-state index is -2.47. The quantitative estimate of drug-likeness (QED) is 0.0117. The largest absolute Gasteiger partial charge is 0.460 e. The van der Waals surface area contributed by atoms with E-state index in [4.69, 9.17) is 64.2 Å². The minimum absolute atomic E-state index is 0.0422. The van der Waals surface area contributed by atoms with Gasteiger partial charge in [-0.3, -0.25) is 24.0 Å². The molecule has 710 valence electrons. The highest BCUT2D eigenvalue weighted by atomic mass is 16.6. The number of oxazole rings is 1. The Morgan fingerprint density at radius 2 is 1.51 bits per heavy atom. The summed E-state index contributed by atoms with van der Waals surface area (Å²) in [7, 11) is 4.59. The van der Waals surface area contributed by atoms with Crippen molar-refractivity contribution in [1.82, 2.24) is 64.7 Å². The number of methoxy groups -OCH3 is 3. The summed E-state index contributed by atoms with van der Waals surface area (Å²) in [6.07, 6.45) is 17.8. The van der Waals surface area contributed by atoms with E-state index in [0.717, 1.165) is 39.1 Å². The van der Waals surface area contributed by atoms with Crippen molar-refractivity contribution < 1.29 is 86.9 Å². The van der Waals surface area contributed by atoms with Crippen molar-refractivity contribution in [3.05, 3.63) is 142 Å². The lowest BCUT2D eigenvalue weighted by molar-refractivity contribution is -0.265. The van der Waals surface area contributed by atoms with Crippen molar-refractivity contribution >= 4 is 87.0 Å². The number of nitrogens with two attached hydrogens (primary N) is 2. The minimum Gasteiger partial charge on any atom is -0.460 e. The van der Waals surface area contributed by atoms with E-state index in [-0.39, 0.29) is 99.6 Å². The van der Waals surface area contributed by atoms with Gasteiger partial charge in [0.2, 0.25) is 23.6 Å². The van der Waals surface area contributed by atoms with Gasteiger partial charge >= 0.3 is 5.97 Å². The van der Waals surface area contributed by atoms with Crippen molar-refractivity contribution in [3.8, 4) is 11.3 Å². The molecule has 36 heteroatoms. The molecular weight excluding hydrogens is 1690 g/mol. The summed E-state index contributed by atoms with van der Waals surface area (Å²) in [6.45, 7) is 17.6. The fourth-order valence-electron chi connectivity index (χ4n) is 19.4. The van der Waals surface area contributed by atoms with Crippen LogP contribution in [-0.2, 0) is 89.7 Å². The molecule has 1 saturated carbocycles. The number of rotatable bonds is 21. The van der Waals surface area contributed by atoms with Crippen LogP contribution >= 0.6 is 0 Å². The number of carbonyl (C=O) groups excluding carboxylic acids is 6. The van der Waals surface area contributed by atoms with E-state index >= 15 is 0 Å². The molecule has 36 nitrogen and oxygen atoms in total. The number of piperazine rings is 1. The number of nitrogens with one attached hydrogen (secondary N) is 1. The fourth-order valence-corrected chi connectivity index (χ4v) is 19.4. The van der Waals surface area contributed by atoms with Crippen molar-refractivity contribution in [2.24, 2.45) is 40.7 Å². The molecule has 7 aliphatic rings. The first-order valence-corrected chi connectivity index (χ1v) is 46.4. The number of nitrogens with zero attached hydrogens (tertiary/aromatic N) is 15. The van der Waals surface area contributed by atoms with E-state index in [1.807, 2.05) is 85.9 Å². The molecule has 4 fully saturated rings. The predicted molar refractivity (Wildman–Crippen MR) is 492 cm³/mol. The van der Waals surface area contributed by atoms with Crippen LogP contribution in [0.5, 0.6) is 0 Å². The monoisotopic (exact) mass is 1820 g/mol. The smallest absolute Gasteiger partial charge is 0.329 e. The van der Waals surface area contributed by atoms with Gasteiger partial charge in [0.1, 0.15) is 47.7 Å². The van der Waals surface area contributed by atoms with Gasteiger partial charge in [0.25, 0.3) is 29.5 Å². The van der Waals surface area contributed by atoms with E-state index in [0.29, 0.717) is 192 Å². The summed E-state index contributed by atoms with van der Waals surface area (Å²) in [4.78, 5) is 132. The summed E-state index contributed by atoms with van der Waals surface area (Å²) >= 11 is 0. The Morgan fingerprint density at radius 1 is 0.742 bits per heavy atom. The van der Waals surface area contributed by atoms with Crippen LogP contribution in [0.2, 0.25) is 0 Å². The number of allylic oxidation sites excluding steroid dienone is 5. The Balaban J connectivity index is 0.543. The third-order valence-electron chi connectivity index (χ3n) is 27.2. The number of nitrogen functional groups attached to an aromatic ring is 2. The molecule has 0 radical (unpaired) electrons. The van der Waals surface area contributed by atoms with Gasteiger partial charge < -0.3 is 99.4 Å². The number of hydrogen-bond donors (Lipinski definition) is 7. The van der Waals surface area contributed by atoms with E-state index in [9.17, 15) is 49.2 Å². The number of cyclic esters (lactones) is 1. The first-order valence-electron chi connectivity index (χ1n) is 46.4. The second-order valence-electron chi connectivity index (χ2n) is 36.6.